The molecule has 72 valence electrons. The molecule has 0 N–H and O–H groups in total. The summed E-state index contributed by atoms with van der Waals surface area (Å²) in [6.07, 6.45) is 2.70. The summed E-state index contributed by atoms with van der Waals surface area (Å²) >= 11 is 6.32. The minimum Gasteiger partial charge on any atom is -0.384 e. The standard InChI is InChI=1S/C10H19ClO/c1-7(2)10(11)9(6-12-3)8-4-5-8/h7-10H,4-6H2,1-3H3. The fourth-order valence-electron chi connectivity index (χ4n) is 1.70. The molecule has 12 heavy (non-hydrogen) atoms. The Morgan fingerprint density at radius 2 is 2.00 bits per heavy atom. The molecule has 0 bridgehead atoms. The Bertz CT molecular complexity index is 132. The van der Waals surface area contributed by atoms with Crippen molar-refractivity contribution < 1.29 is 4.74 Å². The summed E-state index contributed by atoms with van der Waals surface area (Å²) in [4.78, 5) is 0. The predicted molar refractivity (Wildman–Crippen MR) is 52.6 cm³/mol. The number of halogens is 1. The van der Waals surface area contributed by atoms with E-state index in [1.54, 1.807) is 7.11 Å². The zero-order valence-electron chi connectivity index (χ0n) is 8.22. The molecule has 0 aromatic carbocycles. The van der Waals surface area contributed by atoms with E-state index in [1.807, 2.05) is 0 Å². The second-order valence-electron chi connectivity index (χ2n) is 4.15. The molecule has 0 aliphatic heterocycles. The third kappa shape index (κ3) is 2.63. The van der Waals surface area contributed by atoms with E-state index in [0.717, 1.165) is 12.5 Å². The minimum absolute atomic E-state index is 0.289. The lowest BCUT2D eigenvalue weighted by atomic mass is 9.93. The first-order valence-corrected chi connectivity index (χ1v) is 5.23. The molecule has 1 nitrogen and oxygen atoms in total. The zero-order valence-corrected chi connectivity index (χ0v) is 8.97. The summed E-state index contributed by atoms with van der Waals surface area (Å²) in [6, 6.07) is 0. The van der Waals surface area contributed by atoms with Gasteiger partial charge in [-0.3, -0.25) is 0 Å². The first-order valence-electron chi connectivity index (χ1n) is 4.79. The Labute approximate surface area is 80.4 Å². The van der Waals surface area contributed by atoms with Crippen molar-refractivity contribution in [2.75, 3.05) is 13.7 Å². The Morgan fingerprint density at radius 1 is 1.42 bits per heavy atom. The Hall–Kier alpha value is 0.250. The number of hydrogen-bond acceptors (Lipinski definition) is 1. The van der Waals surface area contributed by atoms with E-state index in [4.69, 9.17) is 16.3 Å². The molecule has 0 amide bonds. The average Bonchev–Trinajstić information content (AvgIpc) is 2.81. The van der Waals surface area contributed by atoms with Gasteiger partial charge in [-0.15, -0.1) is 11.6 Å². The summed E-state index contributed by atoms with van der Waals surface area (Å²) in [5.74, 6) is 1.99. The van der Waals surface area contributed by atoms with Crippen molar-refractivity contribution in [1.29, 1.82) is 0 Å². The molecule has 0 aromatic heterocycles. The molecule has 1 rings (SSSR count). The molecule has 2 heteroatoms. The monoisotopic (exact) mass is 190 g/mol. The van der Waals surface area contributed by atoms with E-state index in [1.165, 1.54) is 12.8 Å². The largest absolute Gasteiger partial charge is 0.384 e. The maximum atomic E-state index is 6.32. The highest BCUT2D eigenvalue weighted by molar-refractivity contribution is 6.21. The van der Waals surface area contributed by atoms with Crippen molar-refractivity contribution in [1.82, 2.24) is 0 Å². The third-order valence-corrected chi connectivity index (χ3v) is 3.46. The van der Waals surface area contributed by atoms with Crippen LogP contribution in [0, 0.1) is 17.8 Å². The highest BCUT2D eigenvalue weighted by Crippen LogP contribution is 2.41. The average molecular weight is 191 g/mol. The van der Waals surface area contributed by atoms with Gasteiger partial charge in [0.25, 0.3) is 0 Å². The summed E-state index contributed by atoms with van der Waals surface area (Å²) < 4.78 is 5.19. The van der Waals surface area contributed by atoms with Crippen LogP contribution in [-0.4, -0.2) is 19.1 Å². The molecule has 0 spiro atoms. The van der Waals surface area contributed by atoms with E-state index in [0.29, 0.717) is 11.8 Å². The maximum absolute atomic E-state index is 6.32. The molecule has 1 aliphatic rings. The van der Waals surface area contributed by atoms with Gasteiger partial charge < -0.3 is 4.74 Å². The van der Waals surface area contributed by atoms with Crippen molar-refractivity contribution in [2.45, 2.75) is 32.1 Å². The van der Waals surface area contributed by atoms with Crippen LogP contribution in [0.25, 0.3) is 0 Å². The normalized spacial score (nSPS) is 22.8. The van der Waals surface area contributed by atoms with Crippen molar-refractivity contribution >= 4 is 11.6 Å². The summed E-state index contributed by atoms with van der Waals surface area (Å²) in [5, 5.41) is 0.289. The maximum Gasteiger partial charge on any atom is 0.0507 e. The topological polar surface area (TPSA) is 9.23 Å². The number of alkyl halides is 1. The Kier molecular flexibility index (Phi) is 3.85. The third-order valence-electron chi connectivity index (χ3n) is 2.63. The summed E-state index contributed by atoms with van der Waals surface area (Å²) in [6.45, 7) is 5.20. The lowest BCUT2D eigenvalue weighted by Crippen LogP contribution is -2.26. The van der Waals surface area contributed by atoms with Crippen molar-refractivity contribution in [3.63, 3.8) is 0 Å². The highest BCUT2D eigenvalue weighted by atomic mass is 35.5. The van der Waals surface area contributed by atoms with Gasteiger partial charge in [0.15, 0.2) is 0 Å². The van der Waals surface area contributed by atoms with Gasteiger partial charge in [-0.25, -0.2) is 0 Å². The van der Waals surface area contributed by atoms with Crippen molar-refractivity contribution in [2.24, 2.45) is 17.8 Å². The van der Waals surface area contributed by atoms with Gasteiger partial charge in [0.05, 0.1) is 6.61 Å². The number of rotatable bonds is 5. The second kappa shape index (κ2) is 4.48. The molecular weight excluding hydrogens is 172 g/mol. The number of ether oxygens (including phenoxy) is 1. The lowest BCUT2D eigenvalue weighted by Gasteiger charge is -2.24. The summed E-state index contributed by atoms with van der Waals surface area (Å²) in [7, 11) is 1.76. The van der Waals surface area contributed by atoms with Crippen molar-refractivity contribution in [3.05, 3.63) is 0 Å². The van der Waals surface area contributed by atoms with Crippen LogP contribution in [0.3, 0.4) is 0 Å². The molecule has 0 radical (unpaired) electrons. The molecule has 1 aliphatic carbocycles. The van der Waals surface area contributed by atoms with E-state index < -0.39 is 0 Å². The van der Waals surface area contributed by atoms with Crippen LogP contribution in [0.1, 0.15) is 26.7 Å². The first-order chi connectivity index (χ1) is 5.66. The lowest BCUT2D eigenvalue weighted by molar-refractivity contribution is 0.132. The van der Waals surface area contributed by atoms with E-state index >= 15 is 0 Å². The smallest absolute Gasteiger partial charge is 0.0507 e. The van der Waals surface area contributed by atoms with Gasteiger partial charge in [-0.1, -0.05) is 13.8 Å². The van der Waals surface area contributed by atoms with Gasteiger partial charge in [0, 0.05) is 18.4 Å². The van der Waals surface area contributed by atoms with Gasteiger partial charge in [0.2, 0.25) is 0 Å². The van der Waals surface area contributed by atoms with Crippen LogP contribution >= 0.6 is 11.6 Å². The zero-order chi connectivity index (χ0) is 9.14. The van der Waals surface area contributed by atoms with Gasteiger partial charge >= 0.3 is 0 Å². The van der Waals surface area contributed by atoms with Gasteiger partial charge in [0.1, 0.15) is 0 Å². The Balaban J connectivity index is 2.40. The molecular formula is C10H19ClO. The molecule has 0 saturated heterocycles. The van der Waals surface area contributed by atoms with Crippen LogP contribution in [0.2, 0.25) is 0 Å². The van der Waals surface area contributed by atoms with E-state index in [2.05, 4.69) is 13.8 Å². The van der Waals surface area contributed by atoms with Crippen molar-refractivity contribution in [3.8, 4) is 0 Å². The molecule has 2 atom stereocenters. The van der Waals surface area contributed by atoms with Crippen LogP contribution in [-0.2, 0) is 4.74 Å². The second-order valence-corrected chi connectivity index (χ2v) is 4.65. The quantitative estimate of drug-likeness (QED) is 0.606. The number of methoxy groups -OCH3 is 1. The highest BCUT2D eigenvalue weighted by Gasteiger charge is 2.36. The van der Waals surface area contributed by atoms with Gasteiger partial charge in [-0.05, 0) is 24.7 Å². The predicted octanol–water partition coefficient (Wildman–Crippen LogP) is 2.92. The summed E-state index contributed by atoms with van der Waals surface area (Å²) in [5.41, 5.74) is 0. The first kappa shape index (κ1) is 10.3. The Morgan fingerprint density at radius 3 is 2.33 bits per heavy atom. The molecule has 0 aromatic rings. The van der Waals surface area contributed by atoms with Crippen LogP contribution in [0.4, 0.5) is 0 Å². The van der Waals surface area contributed by atoms with Crippen LogP contribution < -0.4 is 0 Å². The fourth-order valence-corrected chi connectivity index (χ4v) is 1.98. The minimum atomic E-state index is 0.289. The molecule has 2 unspecified atom stereocenters. The van der Waals surface area contributed by atoms with E-state index in [9.17, 15) is 0 Å². The molecule has 1 saturated carbocycles. The van der Waals surface area contributed by atoms with E-state index in [-0.39, 0.29) is 5.38 Å². The SMILES string of the molecule is COCC(C1CC1)C(Cl)C(C)C. The molecule has 0 heterocycles. The molecule has 1 fully saturated rings. The van der Waals surface area contributed by atoms with Crippen LogP contribution in [0.15, 0.2) is 0 Å². The fraction of sp³-hybridized carbons (Fsp3) is 1.00. The van der Waals surface area contributed by atoms with Gasteiger partial charge in [-0.2, -0.15) is 0 Å². The number of hydrogen-bond donors (Lipinski definition) is 0. The van der Waals surface area contributed by atoms with Crippen LogP contribution in [0.5, 0.6) is 0 Å².